The highest BCUT2D eigenvalue weighted by Crippen LogP contribution is 2.21. The minimum absolute atomic E-state index is 0.187. The molecule has 3 rings (SSSR count). The van der Waals surface area contributed by atoms with E-state index in [1.807, 2.05) is 35.0 Å². The molecule has 1 amide bonds. The van der Waals surface area contributed by atoms with Crippen molar-refractivity contribution in [1.29, 1.82) is 5.26 Å². The van der Waals surface area contributed by atoms with Crippen LogP contribution in [-0.4, -0.2) is 28.1 Å². The van der Waals surface area contributed by atoms with E-state index in [1.165, 1.54) is 0 Å². The number of fused-ring (bicyclic) bond motifs is 1. The van der Waals surface area contributed by atoms with Gasteiger partial charge in [0.2, 0.25) is 0 Å². The molecule has 6 nitrogen and oxygen atoms in total. The van der Waals surface area contributed by atoms with Gasteiger partial charge in [0.05, 0.1) is 17.2 Å². The van der Waals surface area contributed by atoms with Crippen LogP contribution in [0.3, 0.4) is 0 Å². The Kier molecular flexibility index (Phi) is 5.20. The molecule has 2 heterocycles. The standard InChI is InChI=1S/C20H19N3O3/c1-14(24)11-22-20(25)15-5-4-6-17(9-15)26-13-16-12-23-8-3-2-7-19(23)18(16)10-21/h2-9,12,14,24H,11,13H2,1H3,(H,22,25). The van der Waals surface area contributed by atoms with Gasteiger partial charge in [-0.2, -0.15) is 5.26 Å². The molecule has 0 spiro atoms. The van der Waals surface area contributed by atoms with Crippen LogP contribution >= 0.6 is 0 Å². The number of rotatable bonds is 6. The molecular weight excluding hydrogens is 330 g/mol. The van der Waals surface area contributed by atoms with E-state index in [0.717, 1.165) is 11.1 Å². The number of pyridine rings is 1. The number of benzene rings is 1. The predicted molar refractivity (Wildman–Crippen MR) is 96.9 cm³/mol. The van der Waals surface area contributed by atoms with Crippen LogP contribution in [0.25, 0.3) is 5.52 Å². The summed E-state index contributed by atoms with van der Waals surface area (Å²) in [7, 11) is 0. The third-order valence-electron chi connectivity index (χ3n) is 3.92. The van der Waals surface area contributed by atoms with Gasteiger partial charge in [-0.15, -0.1) is 0 Å². The molecule has 1 unspecified atom stereocenters. The maximum atomic E-state index is 12.1. The molecule has 132 valence electrons. The van der Waals surface area contributed by atoms with Crippen molar-refractivity contribution in [3.63, 3.8) is 0 Å². The lowest BCUT2D eigenvalue weighted by atomic mass is 10.2. The second kappa shape index (κ2) is 7.72. The maximum absolute atomic E-state index is 12.1. The number of aliphatic hydroxyl groups excluding tert-OH is 1. The van der Waals surface area contributed by atoms with Gasteiger partial charge in [0.25, 0.3) is 5.91 Å². The number of nitriles is 1. The van der Waals surface area contributed by atoms with Crippen molar-refractivity contribution in [3.05, 3.63) is 71.5 Å². The van der Waals surface area contributed by atoms with Gasteiger partial charge in [-0.25, -0.2) is 0 Å². The zero-order valence-corrected chi connectivity index (χ0v) is 14.3. The van der Waals surface area contributed by atoms with E-state index in [2.05, 4.69) is 11.4 Å². The van der Waals surface area contributed by atoms with Crippen LogP contribution in [0, 0.1) is 11.3 Å². The quantitative estimate of drug-likeness (QED) is 0.716. The number of hydrogen-bond donors (Lipinski definition) is 2. The van der Waals surface area contributed by atoms with Crippen LogP contribution in [0.4, 0.5) is 0 Å². The van der Waals surface area contributed by atoms with E-state index in [-0.39, 0.29) is 19.1 Å². The molecule has 1 atom stereocenters. The second-order valence-electron chi connectivity index (χ2n) is 6.01. The Morgan fingerprint density at radius 2 is 2.19 bits per heavy atom. The zero-order valence-electron chi connectivity index (χ0n) is 14.3. The van der Waals surface area contributed by atoms with Crippen LogP contribution in [-0.2, 0) is 6.61 Å². The lowest BCUT2D eigenvalue weighted by Gasteiger charge is -2.09. The zero-order chi connectivity index (χ0) is 18.5. The summed E-state index contributed by atoms with van der Waals surface area (Å²) in [6.45, 7) is 2.02. The lowest BCUT2D eigenvalue weighted by molar-refractivity contribution is 0.0923. The van der Waals surface area contributed by atoms with Crippen LogP contribution in [0.2, 0.25) is 0 Å². The Morgan fingerprint density at radius 3 is 2.96 bits per heavy atom. The summed E-state index contributed by atoms with van der Waals surface area (Å²) >= 11 is 0. The highest BCUT2D eigenvalue weighted by molar-refractivity contribution is 5.94. The summed E-state index contributed by atoms with van der Waals surface area (Å²) in [5, 5.41) is 21.3. The van der Waals surface area contributed by atoms with Gasteiger partial charge in [-0.1, -0.05) is 12.1 Å². The summed E-state index contributed by atoms with van der Waals surface area (Å²) in [5.41, 5.74) is 2.64. The van der Waals surface area contributed by atoms with Crippen LogP contribution in [0.5, 0.6) is 5.75 Å². The summed E-state index contributed by atoms with van der Waals surface area (Å²) < 4.78 is 7.67. The smallest absolute Gasteiger partial charge is 0.251 e. The Labute approximate surface area is 151 Å². The Morgan fingerprint density at radius 1 is 1.35 bits per heavy atom. The first-order chi connectivity index (χ1) is 12.6. The highest BCUT2D eigenvalue weighted by atomic mass is 16.5. The van der Waals surface area contributed by atoms with Gasteiger partial charge < -0.3 is 19.6 Å². The van der Waals surface area contributed by atoms with Gasteiger partial charge in [0, 0.05) is 30.1 Å². The largest absolute Gasteiger partial charge is 0.489 e. The number of ether oxygens (including phenoxy) is 1. The number of aromatic nitrogens is 1. The third-order valence-corrected chi connectivity index (χ3v) is 3.92. The summed E-state index contributed by atoms with van der Waals surface area (Å²) in [6.07, 6.45) is 3.15. The normalized spacial score (nSPS) is 11.7. The van der Waals surface area contributed by atoms with Crippen molar-refractivity contribution in [3.8, 4) is 11.8 Å². The Balaban J connectivity index is 1.74. The first-order valence-electron chi connectivity index (χ1n) is 8.26. The highest BCUT2D eigenvalue weighted by Gasteiger charge is 2.12. The van der Waals surface area contributed by atoms with Crippen LogP contribution in [0.1, 0.15) is 28.4 Å². The minimum Gasteiger partial charge on any atom is -0.489 e. The maximum Gasteiger partial charge on any atom is 0.251 e. The molecule has 0 fully saturated rings. The van der Waals surface area contributed by atoms with Crippen molar-refractivity contribution in [2.45, 2.75) is 19.6 Å². The topological polar surface area (TPSA) is 86.8 Å². The molecule has 1 aromatic carbocycles. The molecule has 26 heavy (non-hydrogen) atoms. The van der Waals surface area contributed by atoms with E-state index in [9.17, 15) is 15.2 Å². The predicted octanol–water partition coefficient (Wildman–Crippen LogP) is 2.50. The molecule has 0 saturated carbocycles. The number of hydrogen-bond acceptors (Lipinski definition) is 4. The molecule has 0 aliphatic rings. The van der Waals surface area contributed by atoms with E-state index in [1.54, 1.807) is 31.2 Å². The SMILES string of the molecule is CC(O)CNC(=O)c1cccc(OCc2cn3ccccc3c2C#N)c1. The number of carbonyl (C=O) groups excluding carboxylic acids is 1. The van der Waals surface area contributed by atoms with E-state index >= 15 is 0 Å². The van der Waals surface area contributed by atoms with Crippen molar-refractivity contribution in [2.75, 3.05) is 6.54 Å². The van der Waals surface area contributed by atoms with E-state index in [4.69, 9.17) is 4.74 Å². The number of aliphatic hydroxyl groups is 1. The van der Waals surface area contributed by atoms with Gasteiger partial charge in [0.1, 0.15) is 18.4 Å². The summed E-state index contributed by atoms with van der Waals surface area (Å²) in [5.74, 6) is 0.262. The molecule has 0 saturated heterocycles. The minimum atomic E-state index is -0.605. The number of amides is 1. The fourth-order valence-electron chi connectivity index (χ4n) is 2.65. The van der Waals surface area contributed by atoms with Gasteiger partial charge >= 0.3 is 0 Å². The lowest BCUT2D eigenvalue weighted by Crippen LogP contribution is -2.30. The molecule has 0 aliphatic heterocycles. The molecule has 0 aliphatic carbocycles. The first kappa shape index (κ1) is 17.5. The molecular formula is C20H19N3O3. The fraction of sp³-hybridized carbons (Fsp3) is 0.200. The van der Waals surface area contributed by atoms with Crippen LogP contribution in [0.15, 0.2) is 54.9 Å². The third kappa shape index (κ3) is 3.85. The number of nitrogens with zero attached hydrogens (tertiary/aromatic N) is 2. The Bertz CT molecular complexity index is 970. The molecule has 0 radical (unpaired) electrons. The first-order valence-corrected chi connectivity index (χ1v) is 8.26. The van der Waals surface area contributed by atoms with Crippen molar-refractivity contribution in [2.24, 2.45) is 0 Å². The van der Waals surface area contributed by atoms with Crippen molar-refractivity contribution in [1.82, 2.24) is 9.72 Å². The van der Waals surface area contributed by atoms with Gasteiger partial charge in [0.15, 0.2) is 0 Å². The fourth-order valence-corrected chi connectivity index (χ4v) is 2.65. The van der Waals surface area contributed by atoms with E-state index < -0.39 is 6.10 Å². The molecule has 6 heteroatoms. The average molecular weight is 349 g/mol. The van der Waals surface area contributed by atoms with Gasteiger partial charge in [-0.05, 0) is 37.3 Å². The molecule has 0 bridgehead atoms. The van der Waals surface area contributed by atoms with Gasteiger partial charge in [-0.3, -0.25) is 4.79 Å². The van der Waals surface area contributed by atoms with Crippen molar-refractivity contribution < 1.29 is 14.6 Å². The second-order valence-corrected chi connectivity index (χ2v) is 6.01. The summed E-state index contributed by atoms with van der Waals surface area (Å²) in [4.78, 5) is 12.1. The number of carbonyl (C=O) groups is 1. The van der Waals surface area contributed by atoms with Crippen LogP contribution < -0.4 is 10.1 Å². The Hall–Kier alpha value is -3.30. The number of nitrogens with one attached hydrogen (secondary N) is 1. The van der Waals surface area contributed by atoms with E-state index in [0.29, 0.717) is 16.9 Å². The monoisotopic (exact) mass is 349 g/mol. The average Bonchev–Trinajstić information content (AvgIpc) is 3.02. The summed E-state index contributed by atoms with van der Waals surface area (Å²) in [6, 6.07) is 14.7. The molecule has 2 aromatic heterocycles. The molecule has 3 aromatic rings. The molecule has 2 N–H and O–H groups in total. The van der Waals surface area contributed by atoms with Crippen molar-refractivity contribution >= 4 is 11.4 Å².